The van der Waals surface area contributed by atoms with Gasteiger partial charge in [-0.25, -0.2) is 9.97 Å². The number of nitrogens with one attached hydrogen (secondary N) is 1. The van der Waals surface area contributed by atoms with Gasteiger partial charge in [0.2, 0.25) is 0 Å². The van der Waals surface area contributed by atoms with E-state index in [2.05, 4.69) is 35.1 Å². The number of hydrogen-bond donors (Lipinski definition) is 1. The minimum atomic E-state index is -0.0137. The van der Waals surface area contributed by atoms with E-state index in [9.17, 15) is 4.79 Å². The van der Waals surface area contributed by atoms with E-state index in [1.807, 2.05) is 31.2 Å². The SMILES string of the molecule is Cc1cc(N2CCCC2)nc(SCc2ccc(C(=O)NCC(C)C)cc2)n1. The zero-order valence-electron chi connectivity index (χ0n) is 16.4. The molecule has 1 aromatic carbocycles. The van der Waals surface area contributed by atoms with Gasteiger partial charge in [-0.15, -0.1) is 0 Å². The Labute approximate surface area is 166 Å². The molecule has 1 aromatic heterocycles. The number of carbonyl (C=O) groups excluding carboxylic acids is 1. The molecular formula is C21H28N4OS. The van der Waals surface area contributed by atoms with Crippen molar-refractivity contribution >= 4 is 23.5 Å². The Morgan fingerprint density at radius 1 is 1.19 bits per heavy atom. The summed E-state index contributed by atoms with van der Waals surface area (Å²) in [6.45, 7) is 9.06. The maximum Gasteiger partial charge on any atom is 0.251 e. The number of aryl methyl sites for hydroxylation is 1. The molecule has 0 saturated carbocycles. The van der Waals surface area contributed by atoms with Crippen LogP contribution in [0, 0.1) is 12.8 Å². The summed E-state index contributed by atoms with van der Waals surface area (Å²) in [5.41, 5.74) is 2.87. The van der Waals surface area contributed by atoms with Crippen LogP contribution in [0.25, 0.3) is 0 Å². The Morgan fingerprint density at radius 3 is 2.56 bits per heavy atom. The minimum Gasteiger partial charge on any atom is -0.356 e. The van der Waals surface area contributed by atoms with Gasteiger partial charge in [0, 0.05) is 42.7 Å². The number of thioether (sulfide) groups is 1. The van der Waals surface area contributed by atoms with E-state index >= 15 is 0 Å². The second kappa shape index (κ2) is 9.22. The van der Waals surface area contributed by atoms with Crippen LogP contribution < -0.4 is 10.2 Å². The molecule has 1 aliphatic heterocycles. The van der Waals surface area contributed by atoms with Gasteiger partial charge in [0.25, 0.3) is 5.91 Å². The largest absolute Gasteiger partial charge is 0.356 e. The zero-order chi connectivity index (χ0) is 19.2. The lowest BCUT2D eigenvalue weighted by molar-refractivity contribution is 0.0949. The van der Waals surface area contributed by atoms with Crippen molar-refractivity contribution in [1.82, 2.24) is 15.3 Å². The first-order chi connectivity index (χ1) is 13.0. The zero-order valence-corrected chi connectivity index (χ0v) is 17.2. The van der Waals surface area contributed by atoms with Crippen LogP contribution in [-0.2, 0) is 5.75 Å². The summed E-state index contributed by atoms with van der Waals surface area (Å²) in [6.07, 6.45) is 2.48. The van der Waals surface area contributed by atoms with Gasteiger partial charge in [0.1, 0.15) is 5.82 Å². The standard InChI is InChI=1S/C21H28N4OS/c1-15(2)13-22-20(26)18-8-6-17(7-9-18)14-27-21-23-16(3)12-19(24-21)25-10-4-5-11-25/h6-9,12,15H,4-5,10-11,13-14H2,1-3H3,(H,22,26). The molecule has 2 aromatic rings. The number of nitrogens with zero attached hydrogens (tertiary/aromatic N) is 3. The van der Waals surface area contributed by atoms with E-state index in [0.29, 0.717) is 18.0 Å². The molecule has 0 unspecified atom stereocenters. The molecule has 0 atom stereocenters. The molecule has 1 saturated heterocycles. The van der Waals surface area contributed by atoms with E-state index in [1.54, 1.807) is 11.8 Å². The second-order valence-electron chi connectivity index (χ2n) is 7.43. The van der Waals surface area contributed by atoms with Gasteiger partial charge >= 0.3 is 0 Å². The van der Waals surface area contributed by atoms with Crippen molar-refractivity contribution in [1.29, 1.82) is 0 Å². The van der Waals surface area contributed by atoms with Crippen molar-refractivity contribution in [3.63, 3.8) is 0 Å². The van der Waals surface area contributed by atoms with Crippen molar-refractivity contribution in [2.45, 2.75) is 44.5 Å². The van der Waals surface area contributed by atoms with Crippen molar-refractivity contribution in [3.8, 4) is 0 Å². The minimum absolute atomic E-state index is 0.0137. The average Bonchev–Trinajstić information content (AvgIpc) is 3.19. The summed E-state index contributed by atoms with van der Waals surface area (Å²) in [4.78, 5) is 23.7. The van der Waals surface area contributed by atoms with Crippen LogP contribution in [0.5, 0.6) is 0 Å². The molecule has 5 nitrogen and oxygen atoms in total. The summed E-state index contributed by atoms with van der Waals surface area (Å²) >= 11 is 1.64. The fourth-order valence-electron chi connectivity index (χ4n) is 3.00. The van der Waals surface area contributed by atoms with Crippen molar-refractivity contribution < 1.29 is 4.79 Å². The number of benzene rings is 1. The monoisotopic (exact) mass is 384 g/mol. The molecule has 1 N–H and O–H groups in total. The van der Waals surface area contributed by atoms with Gasteiger partial charge in [-0.2, -0.15) is 0 Å². The van der Waals surface area contributed by atoms with Crippen LogP contribution in [0.4, 0.5) is 5.82 Å². The molecule has 0 bridgehead atoms. The maximum absolute atomic E-state index is 12.1. The molecule has 2 heterocycles. The van der Waals surface area contributed by atoms with Gasteiger partial charge < -0.3 is 10.2 Å². The first-order valence-electron chi connectivity index (χ1n) is 9.62. The Balaban J connectivity index is 1.59. The molecule has 0 spiro atoms. The maximum atomic E-state index is 12.1. The third kappa shape index (κ3) is 5.70. The van der Waals surface area contributed by atoms with Crippen LogP contribution in [-0.4, -0.2) is 35.5 Å². The van der Waals surface area contributed by atoms with E-state index in [-0.39, 0.29) is 5.91 Å². The lowest BCUT2D eigenvalue weighted by Crippen LogP contribution is -2.27. The molecular weight excluding hydrogens is 356 g/mol. The van der Waals surface area contributed by atoms with Crippen molar-refractivity contribution in [2.75, 3.05) is 24.5 Å². The van der Waals surface area contributed by atoms with E-state index in [4.69, 9.17) is 4.98 Å². The lowest BCUT2D eigenvalue weighted by atomic mass is 10.1. The summed E-state index contributed by atoms with van der Waals surface area (Å²) in [6, 6.07) is 9.86. The van der Waals surface area contributed by atoms with Gasteiger partial charge in [-0.1, -0.05) is 37.7 Å². The summed E-state index contributed by atoms with van der Waals surface area (Å²) in [5.74, 6) is 2.26. The van der Waals surface area contributed by atoms with E-state index < -0.39 is 0 Å². The highest BCUT2D eigenvalue weighted by Crippen LogP contribution is 2.24. The molecule has 0 aliphatic carbocycles. The van der Waals surface area contributed by atoms with Gasteiger partial charge in [0.15, 0.2) is 5.16 Å². The van der Waals surface area contributed by atoms with E-state index in [1.165, 1.54) is 12.8 Å². The molecule has 6 heteroatoms. The summed E-state index contributed by atoms with van der Waals surface area (Å²) < 4.78 is 0. The molecule has 144 valence electrons. The Bertz CT molecular complexity index is 770. The smallest absolute Gasteiger partial charge is 0.251 e. The highest BCUT2D eigenvalue weighted by atomic mass is 32.2. The Kier molecular flexibility index (Phi) is 6.72. The Hall–Kier alpha value is -2.08. The quantitative estimate of drug-likeness (QED) is 0.576. The molecule has 1 aliphatic rings. The van der Waals surface area contributed by atoms with E-state index in [0.717, 1.165) is 41.1 Å². The van der Waals surface area contributed by atoms with Gasteiger partial charge in [-0.3, -0.25) is 4.79 Å². The molecule has 3 rings (SSSR count). The number of amides is 1. The second-order valence-corrected chi connectivity index (χ2v) is 8.38. The van der Waals surface area contributed by atoms with Crippen LogP contribution in [0.1, 0.15) is 48.3 Å². The number of hydrogen-bond acceptors (Lipinski definition) is 5. The molecule has 1 amide bonds. The van der Waals surface area contributed by atoms with Crippen LogP contribution in [0.2, 0.25) is 0 Å². The first kappa shape index (κ1) is 19.7. The number of carbonyl (C=O) groups is 1. The normalized spacial score (nSPS) is 14.0. The number of aromatic nitrogens is 2. The third-order valence-corrected chi connectivity index (χ3v) is 5.42. The first-order valence-corrected chi connectivity index (χ1v) is 10.6. The highest BCUT2D eigenvalue weighted by molar-refractivity contribution is 7.98. The highest BCUT2D eigenvalue weighted by Gasteiger charge is 2.15. The van der Waals surface area contributed by atoms with Gasteiger partial charge in [0.05, 0.1) is 0 Å². The van der Waals surface area contributed by atoms with Crippen LogP contribution in [0.3, 0.4) is 0 Å². The predicted octanol–water partition coefficient (Wildman–Crippen LogP) is 4.06. The molecule has 1 fully saturated rings. The van der Waals surface area contributed by atoms with Crippen molar-refractivity contribution in [3.05, 3.63) is 47.2 Å². The third-order valence-electron chi connectivity index (χ3n) is 4.51. The number of anilines is 1. The lowest BCUT2D eigenvalue weighted by Gasteiger charge is -2.17. The predicted molar refractivity (Wildman–Crippen MR) is 111 cm³/mol. The fraction of sp³-hybridized carbons (Fsp3) is 0.476. The van der Waals surface area contributed by atoms with Crippen molar-refractivity contribution in [2.24, 2.45) is 5.92 Å². The van der Waals surface area contributed by atoms with Gasteiger partial charge in [-0.05, 0) is 43.4 Å². The molecule has 0 radical (unpaired) electrons. The topological polar surface area (TPSA) is 58.1 Å². The molecule has 27 heavy (non-hydrogen) atoms. The summed E-state index contributed by atoms with van der Waals surface area (Å²) in [7, 11) is 0. The average molecular weight is 385 g/mol. The number of rotatable bonds is 7. The fourth-order valence-corrected chi connectivity index (χ4v) is 3.85. The summed E-state index contributed by atoms with van der Waals surface area (Å²) in [5, 5.41) is 3.76. The Morgan fingerprint density at radius 2 is 1.89 bits per heavy atom. The van der Waals surface area contributed by atoms with Crippen LogP contribution in [0.15, 0.2) is 35.5 Å². The van der Waals surface area contributed by atoms with Crippen LogP contribution >= 0.6 is 11.8 Å².